The molecule has 0 bridgehead atoms. The number of nitrogens with zero attached hydrogens (tertiary/aromatic N) is 2. The van der Waals surface area contributed by atoms with E-state index in [2.05, 4.69) is 25.9 Å². The minimum Gasteiger partial charge on any atom is -0.476 e. The second kappa shape index (κ2) is 4.47. The van der Waals surface area contributed by atoms with Crippen LogP contribution in [-0.4, -0.2) is 27.1 Å². The van der Waals surface area contributed by atoms with Crippen molar-refractivity contribution < 1.29 is 9.90 Å². The first kappa shape index (κ1) is 11.1. The average molecular weight is 260 g/mol. The molecule has 6 heteroatoms. The molecule has 3 N–H and O–H groups in total. The minimum atomic E-state index is -1.08. The van der Waals surface area contributed by atoms with Crippen molar-refractivity contribution in [2.45, 2.75) is 19.4 Å². The van der Waals surface area contributed by atoms with Gasteiger partial charge < -0.3 is 10.8 Å². The van der Waals surface area contributed by atoms with Crippen molar-refractivity contribution in [3.63, 3.8) is 0 Å². The number of rotatable bonds is 3. The Morgan fingerprint density at radius 2 is 2.43 bits per heavy atom. The molecule has 0 radical (unpaired) electrons. The van der Waals surface area contributed by atoms with E-state index in [-0.39, 0.29) is 11.7 Å². The molecule has 0 fully saturated rings. The molecular weight excluding hydrogens is 250 g/mol. The van der Waals surface area contributed by atoms with Crippen molar-refractivity contribution >= 4 is 21.9 Å². The van der Waals surface area contributed by atoms with Gasteiger partial charge in [-0.05, 0) is 22.9 Å². The van der Waals surface area contributed by atoms with Crippen molar-refractivity contribution in [1.29, 1.82) is 0 Å². The maximum absolute atomic E-state index is 10.7. The summed E-state index contributed by atoms with van der Waals surface area (Å²) in [7, 11) is 0. The number of hydrogen-bond donors (Lipinski definition) is 2. The first-order valence-corrected chi connectivity index (χ1v) is 4.80. The first-order chi connectivity index (χ1) is 6.50. The van der Waals surface area contributed by atoms with Crippen LogP contribution in [0.2, 0.25) is 0 Å². The third-order valence-electron chi connectivity index (χ3n) is 1.50. The maximum atomic E-state index is 10.7. The molecule has 14 heavy (non-hydrogen) atoms. The molecule has 0 aliphatic rings. The molecule has 1 rings (SSSR count). The number of aromatic nitrogens is 2. The summed E-state index contributed by atoms with van der Waals surface area (Å²) in [6.07, 6.45) is 1.89. The highest BCUT2D eigenvalue weighted by Crippen LogP contribution is 2.13. The van der Waals surface area contributed by atoms with Crippen LogP contribution in [0.25, 0.3) is 0 Å². The van der Waals surface area contributed by atoms with Gasteiger partial charge in [0.15, 0.2) is 5.69 Å². The van der Waals surface area contributed by atoms with E-state index in [1.54, 1.807) is 0 Å². The van der Waals surface area contributed by atoms with Gasteiger partial charge in [-0.2, -0.15) is 0 Å². The van der Waals surface area contributed by atoms with Crippen LogP contribution in [0.3, 0.4) is 0 Å². The predicted molar refractivity (Wildman–Crippen MR) is 54.0 cm³/mol. The number of carboxylic acids is 1. The zero-order valence-corrected chi connectivity index (χ0v) is 9.15. The Kier molecular flexibility index (Phi) is 3.54. The molecule has 0 aromatic carbocycles. The van der Waals surface area contributed by atoms with Crippen molar-refractivity contribution in [3.05, 3.63) is 22.2 Å². The molecule has 0 aliphatic carbocycles. The lowest BCUT2D eigenvalue weighted by molar-refractivity contribution is 0.0688. The molecule has 1 aromatic heterocycles. The fourth-order valence-electron chi connectivity index (χ4n) is 0.940. The molecule has 0 saturated carbocycles. The minimum absolute atomic E-state index is 0.0318. The van der Waals surface area contributed by atoms with Crippen LogP contribution >= 0.6 is 15.9 Å². The van der Waals surface area contributed by atoms with Gasteiger partial charge in [-0.3, -0.25) is 0 Å². The Balaban J connectivity index is 3.00. The van der Waals surface area contributed by atoms with Crippen molar-refractivity contribution in [1.82, 2.24) is 9.97 Å². The maximum Gasteiger partial charge on any atom is 0.355 e. The largest absolute Gasteiger partial charge is 0.476 e. The Labute approximate surface area is 89.5 Å². The van der Waals surface area contributed by atoms with Crippen molar-refractivity contribution in [3.8, 4) is 0 Å². The smallest absolute Gasteiger partial charge is 0.355 e. The lowest BCUT2D eigenvalue weighted by atomic mass is 10.2. The van der Waals surface area contributed by atoms with Gasteiger partial charge in [-0.1, -0.05) is 0 Å². The number of halogens is 1. The Hall–Kier alpha value is -1.01. The fourth-order valence-corrected chi connectivity index (χ4v) is 1.30. The van der Waals surface area contributed by atoms with E-state index in [1.807, 2.05) is 6.92 Å². The third-order valence-corrected chi connectivity index (χ3v) is 2.08. The lowest BCUT2D eigenvalue weighted by Crippen LogP contribution is -2.20. The van der Waals surface area contributed by atoms with Crippen LogP contribution in [0.5, 0.6) is 0 Å². The van der Waals surface area contributed by atoms with Gasteiger partial charge in [0.2, 0.25) is 0 Å². The predicted octanol–water partition coefficient (Wildman–Crippen LogP) is 0.827. The van der Waals surface area contributed by atoms with Gasteiger partial charge in [0, 0.05) is 18.7 Å². The van der Waals surface area contributed by atoms with E-state index in [0.29, 0.717) is 16.7 Å². The molecular formula is C8H10BrN3O2. The molecule has 5 nitrogen and oxygen atoms in total. The summed E-state index contributed by atoms with van der Waals surface area (Å²) in [5, 5.41) is 8.77. The zero-order valence-electron chi connectivity index (χ0n) is 7.57. The standard InChI is InChI=1S/C8H10BrN3O2/c1-4(10)2-6-11-3-5(9)7(12-6)8(13)14/h3-4H,2,10H2,1H3,(H,13,14). The summed E-state index contributed by atoms with van der Waals surface area (Å²) in [5.41, 5.74) is 5.52. The summed E-state index contributed by atoms with van der Waals surface area (Å²) in [4.78, 5) is 18.5. The Bertz CT molecular complexity index is 354. The molecule has 76 valence electrons. The summed E-state index contributed by atoms with van der Waals surface area (Å²) in [5.74, 6) is -0.634. The van der Waals surface area contributed by atoms with E-state index in [4.69, 9.17) is 10.8 Å². The van der Waals surface area contributed by atoms with Gasteiger partial charge in [-0.25, -0.2) is 14.8 Å². The van der Waals surface area contributed by atoms with Crippen molar-refractivity contribution in [2.24, 2.45) is 5.73 Å². The second-order valence-electron chi connectivity index (χ2n) is 2.97. The second-order valence-corrected chi connectivity index (χ2v) is 3.82. The van der Waals surface area contributed by atoms with Crippen LogP contribution in [0.1, 0.15) is 23.2 Å². The zero-order chi connectivity index (χ0) is 10.7. The van der Waals surface area contributed by atoms with E-state index < -0.39 is 5.97 Å². The van der Waals surface area contributed by atoms with E-state index in [1.165, 1.54) is 6.20 Å². The van der Waals surface area contributed by atoms with Crippen LogP contribution in [0.4, 0.5) is 0 Å². The summed E-state index contributed by atoms with van der Waals surface area (Å²) in [6.45, 7) is 1.81. The topological polar surface area (TPSA) is 89.1 Å². The highest BCUT2D eigenvalue weighted by Gasteiger charge is 2.12. The lowest BCUT2D eigenvalue weighted by Gasteiger charge is -2.04. The van der Waals surface area contributed by atoms with Gasteiger partial charge in [0.1, 0.15) is 5.82 Å². The summed E-state index contributed by atoms with van der Waals surface area (Å²) < 4.78 is 0.374. The summed E-state index contributed by atoms with van der Waals surface area (Å²) >= 11 is 3.06. The van der Waals surface area contributed by atoms with E-state index in [0.717, 1.165) is 0 Å². The van der Waals surface area contributed by atoms with Gasteiger partial charge in [0.25, 0.3) is 0 Å². The SMILES string of the molecule is CC(N)Cc1ncc(Br)c(C(=O)O)n1. The molecule has 1 aromatic rings. The molecule has 0 saturated heterocycles. The van der Waals surface area contributed by atoms with E-state index in [9.17, 15) is 4.79 Å². The van der Waals surface area contributed by atoms with Crippen molar-refractivity contribution in [2.75, 3.05) is 0 Å². The number of carboxylic acid groups (broad SMARTS) is 1. The number of carbonyl (C=O) groups is 1. The molecule has 0 amide bonds. The number of nitrogens with two attached hydrogens (primary N) is 1. The highest BCUT2D eigenvalue weighted by molar-refractivity contribution is 9.10. The van der Waals surface area contributed by atoms with Crippen LogP contribution in [0, 0.1) is 0 Å². The molecule has 1 atom stereocenters. The van der Waals surface area contributed by atoms with E-state index >= 15 is 0 Å². The van der Waals surface area contributed by atoms with Gasteiger partial charge in [0.05, 0.1) is 4.47 Å². The monoisotopic (exact) mass is 259 g/mol. The highest BCUT2D eigenvalue weighted by atomic mass is 79.9. The number of aromatic carboxylic acids is 1. The van der Waals surface area contributed by atoms with Gasteiger partial charge in [-0.15, -0.1) is 0 Å². The first-order valence-electron chi connectivity index (χ1n) is 4.01. The van der Waals surface area contributed by atoms with Crippen LogP contribution in [-0.2, 0) is 6.42 Å². The van der Waals surface area contributed by atoms with Crippen LogP contribution < -0.4 is 5.73 Å². The van der Waals surface area contributed by atoms with Crippen LogP contribution in [0.15, 0.2) is 10.7 Å². The fraction of sp³-hybridized carbons (Fsp3) is 0.375. The Morgan fingerprint density at radius 3 is 2.93 bits per heavy atom. The number of hydrogen-bond acceptors (Lipinski definition) is 4. The average Bonchev–Trinajstić information content (AvgIpc) is 2.07. The quantitative estimate of drug-likeness (QED) is 0.840. The molecule has 0 aliphatic heterocycles. The molecule has 0 spiro atoms. The molecule has 1 unspecified atom stereocenters. The summed E-state index contributed by atoms with van der Waals surface area (Å²) in [6, 6.07) is -0.0854. The van der Waals surface area contributed by atoms with Gasteiger partial charge >= 0.3 is 5.97 Å². The Morgan fingerprint density at radius 1 is 1.79 bits per heavy atom. The molecule has 1 heterocycles. The normalized spacial score (nSPS) is 12.5. The third kappa shape index (κ3) is 2.74.